The Hall–Kier alpha value is -2.57. The number of benzene rings is 1. The molecule has 1 amide bonds. The molecule has 1 aliphatic rings. The maximum Gasteiger partial charge on any atom is 0.322 e. The monoisotopic (exact) mass is 289 g/mol. The highest BCUT2D eigenvalue weighted by Gasteiger charge is 2.15. The molecule has 2 aromatic rings. The van der Waals surface area contributed by atoms with Gasteiger partial charge in [-0.2, -0.15) is 0 Å². The zero-order chi connectivity index (χ0) is 14.7. The topological polar surface area (TPSA) is 86.5 Å². The third kappa shape index (κ3) is 3.13. The summed E-state index contributed by atoms with van der Waals surface area (Å²) >= 11 is 0. The first-order valence-corrected chi connectivity index (χ1v) is 6.75. The molecule has 1 aliphatic heterocycles. The van der Waals surface area contributed by atoms with Crippen LogP contribution in [0.5, 0.6) is 11.5 Å². The number of fused-ring (bicyclic) bond motifs is 1. The highest BCUT2D eigenvalue weighted by atomic mass is 16.7. The Morgan fingerprint density at radius 1 is 1.29 bits per heavy atom. The fourth-order valence-corrected chi connectivity index (χ4v) is 2.01. The number of anilines is 1. The van der Waals surface area contributed by atoms with E-state index >= 15 is 0 Å². The van der Waals surface area contributed by atoms with Gasteiger partial charge in [0.1, 0.15) is 0 Å². The smallest absolute Gasteiger partial charge is 0.322 e. The minimum atomic E-state index is -0.129. The van der Waals surface area contributed by atoms with Gasteiger partial charge < -0.3 is 13.9 Å². The Morgan fingerprint density at radius 3 is 3.00 bits per heavy atom. The molecule has 0 fully saturated rings. The van der Waals surface area contributed by atoms with E-state index in [9.17, 15) is 4.79 Å². The van der Waals surface area contributed by atoms with Gasteiger partial charge in [-0.05, 0) is 24.1 Å². The van der Waals surface area contributed by atoms with Crippen molar-refractivity contribution in [3.05, 3.63) is 29.7 Å². The average Bonchev–Trinajstić information content (AvgIpc) is 3.08. The van der Waals surface area contributed by atoms with E-state index in [-0.39, 0.29) is 18.7 Å². The lowest BCUT2D eigenvalue weighted by Crippen LogP contribution is -2.10. The largest absolute Gasteiger partial charge is 0.454 e. The molecule has 7 nitrogen and oxygen atoms in total. The second-order valence-electron chi connectivity index (χ2n) is 4.66. The molecule has 110 valence electrons. The van der Waals surface area contributed by atoms with Crippen molar-refractivity contribution in [1.82, 2.24) is 10.2 Å². The Balaban J connectivity index is 1.65. The maximum atomic E-state index is 11.4. The molecule has 0 aliphatic carbocycles. The van der Waals surface area contributed by atoms with Crippen molar-refractivity contribution < 1.29 is 18.7 Å². The van der Waals surface area contributed by atoms with E-state index in [0.717, 1.165) is 17.7 Å². The molecular formula is C14H15N3O4. The number of carbonyl (C=O) groups excluding carboxylic acids is 1. The number of carbonyl (C=O) groups is 1. The van der Waals surface area contributed by atoms with Crippen LogP contribution in [-0.4, -0.2) is 22.9 Å². The molecule has 0 spiro atoms. The molecule has 1 aromatic carbocycles. The summed E-state index contributed by atoms with van der Waals surface area (Å²) in [4.78, 5) is 11.4. The van der Waals surface area contributed by atoms with E-state index in [1.165, 1.54) is 0 Å². The Labute approximate surface area is 121 Å². The van der Waals surface area contributed by atoms with Crippen molar-refractivity contribution in [2.24, 2.45) is 0 Å². The summed E-state index contributed by atoms with van der Waals surface area (Å²) in [6, 6.07) is 5.76. The lowest BCUT2D eigenvalue weighted by molar-refractivity contribution is -0.116. The summed E-state index contributed by atoms with van der Waals surface area (Å²) in [5.41, 5.74) is 0.967. The standard InChI is InChI=1S/C14H15N3O4/c1-2-3-12(18)15-14-17-16-13(21-14)7-9-4-5-10-11(6-9)20-8-19-10/h4-6H,2-3,7-8H2,1H3,(H,15,17,18). The molecule has 1 aromatic heterocycles. The van der Waals surface area contributed by atoms with Crippen molar-refractivity contribution in [3.8, 4) is 11.5 Å². The Morgan fingerprint density at radius 2 is 2.14 bits per heavy atom. The lowest BCUT2D eigenvalue weighted by atomic mass is 10.1. The van der Waals surface area contributed by atoms with Gasteiger partial charge >= 0.3 is 6.01 Å². The SMILES string of the molecule is CCCC(=O)Nc1nnc(Cc2ccc3c(c2)OCO3)o1. The average molecular weight is 289 g/mol. The number of rotatable bonds is 5. The predicted molar refractivity (Wildman–Crippen MR) is 73.2 cm³/mol. The van der Waals surface area contributed by atoms with E-state index in [4.69, 9.17) is 13.9 Å². The van der Waals surface area contributed by atoms with Crippen molar-refractivity contribution >= 4 is 11.9 Å². The van der Waals surface area contributed by atoms with E-state index in [1.54, 1.807) is 0 Å². The van der Waals surface area contributed by atoms with Crippen molar-refractivity contribution in [2.45, 2.75) is 26.2 Å². The van der Waals surface area contributed by atoms with Crippen LogP contribution in [0.15, 0.2) is 22.6 Å². The second-order valence-corrected chi connectivity index (χ2v) is 4.66. The van der Waals surface area contributed by atoms with Crippen LogP contribution in [0.25, 0.3) is 0 Å². The van der Waals surface area contributed by atoms with Crippen LogP contribution in [0.4, 0.5) is 6.01 Å². The summed E-state index contributed by atoms with van der Waals surface area (Å²) in [6.45, 7) is 2.17. The van der Waals surface area contributed by atoms with Crippen LogP contribution in [0.1, 0.15) is 31.2 Å². The van der Waals surface area contributed by atoms with Gasteiger partial charge in [0.25, 0.3) is 0 Å². The van der Waals surface area contributed by atoms with Gasteiger partial charge in [0.05, 0.1) is 6.42 Å². The third-order valence-corrected chi connectivity index (χ3v) is 2.98. The van der Waals surface area contributed by atoms with Gasteiger partial charge in [-0.15, -0.1) is 5.10 Å². The fourth-order valence-electron chi connectivity index (χ4n) is 2.01. The molecule has 1 N–H and O–H groups in total. The number of nitrogens with zero attached hydrogens (tertiary/aromatic N) is 2. The van der Waals surface area contributed by atoms with Gasteiger partial charge in [0, 0.05) is 6.42 Å². The summed E-state index contributed by atoms with van der Waals surface area (Å²) in [6.07, 6.45) is 1.66. The zero-order valence-electron chi connectivity index (χ0n) is 11.6. The van der Waals surface area contributed by atoms with Gasteiger partial charge in [0.15, 0.2) is 11.5 Å². The first-order valence-electron chi connectivity index (χ1n) is 6.75. The first-order chi connectivity index (χ1) is 10.2. The van der Waals surface area contributed by atoms with E-state index in [0.29, 0.717) is 24.5 Å². The summed E-state index contributed by atoms with van der Waals surface area (Å²) < 4.78 is 16.0. The van der Waals surface area contributed by atoms with E-state index in [1.807, 2.05) is 25.1 Å². The summed E-state index contributed by atoms with van der Waals surface area (Å²) in [5, 5.41) is 10.3. The van der Waals surface area contributed by atoms with Crippen molar-refractivity contribution in [1.29, 1.82) is 0 Å². The van der Waals surface area contributed by atoms with Crippen molar-refractivity contribution in [2.75, 3.05) is 12.1 Å². The van der Waals surface area contributed by atoms with Crippen LogP contribution in [-0.2, 0) is 11.2 Å². The number of aromatic nitrogens is 2. The molecule has 2 heterocycles. The zero-order valence-corrected chi connectivity index (χ0v) is 11.6. The van der Waals surface area contributed by atoms with Gasteiger partial charge in [-0.1, -0.05) is 18.1 Å². The molecule has 7 heteroatoms. The first kappa shape index (κ1) is 13.4. The minimum absolute atomic E-state index is 0.129. The van der Waals surface area contributed by atoms with Gasteiger partial charge in [-0.25, -0.2) is 0 Å². The number of ether oxygens (including phenoxy) is 2. The lowest BCUT2D eigenvalue weighted by Gasteiger charge is -2.00. The van der Waals surface area contributed by atoms with Gasteiger partial charge in [-0.3, -0.25) is 10.1 Å². The molecule has 0 atom stereocenters. The van der Waals surface area contributed by atoms with E-state index in [2.05, 4.69) is 15.5 Å². The number of hydrogen-bond donors (Lipinski definition) is 1. The normalized spacial score (nSPS) is 12.4. The number of hydrogen-bond acceptors (Lipinski definition) is 6. The second kappa shape index (κ2) is 5.82. The molecule has 0 bridgehead atoms. The summed E-state index contributed by atoms with van der Waals surface area (Å²) in [5.74, 6) is 1.75. The molecule has 0 saturated carbocycles. The molecule has 21 heavy (non-hydrogen) atoms. The fraction of sp³-hybridized carbons (Fsp3) is 0.357. The third-order valence-electron chi connectivity index (χ3n) is 2.98. The molecule has 0 unspecified atom stereocenters. The van der Waals surface area contributed by atoms with Gasteiger partial charge in [0.2, 0.25) is 18.6 Å². The predicted octanol–water partition coefficient (Wildman–Crippen LogP) is 2.13. The summed E-state index contributed by atoms with van der Waals surface area (Å²) in [7, 11) is 0. The maximum absolute atomic E-state index is 11.4. The quantitative estimate of drug-likeness (QED) is 0.907. The van der Waals surface area contributed by atoms with E-state index < -0.39 is 0 Å². The van der Waals surface area contributed by atoms with Crippen LogP contribution < -0.4 is 14.8 Å². The van der Waals surface area contributed by atoms with Crippen LogP contribution in [0, 0.1) is 0 Å². The highest BCUT2D eigenvalue weighted by Crippen LogP contribution is 2.33. The van der Waals surface area contributed by atoms with Crippen LogP contribution >= 0.6 is 0 Å². The Bertz CT molecular complexity index is 653. The van der Waals surface area contributed by atoms with Crippen molar-refractivity contribution in [3.63, 3.8) is 0 Å². The molecule has 3 rings (SSSR count). The molecule has 0 radical (unpaired) electrons. The Kier molecular flexibility index (Phi) is 3.72. The van der Waals surface area contributed by atoms with Crippen LogP contribution in [0.3, 0.4) is 0 Å². The number of amides is 1. The minimum Gasteiger partial charge on any atom is -0.454 e. The molecule has 0 saturated heterocycles. The highest BCUT2D eigenvalue weighted by molar-refractivity contribution is 5.88. The van der Waals surface area contributed by atoms with Crippen LogP contribution in [0.2, 0.25) is 0 Å². The molecular weight excluding hydrogens is 274 g/mol. The number of nitrogens with one attached hydrogen (secondary N) is 1.